The van der Waals surface area contributed by atoms with E-state index in [1.54, 1.807) is 0 Å². The molecule has 0 N–H and O–H groups in total. The molecule has 1 aromatic heterocycles. The van der Waals surface area contributed by atoms with Gasteiger partial charge in [-0.05, 0) is 56.1 Å². The van der Waals surface area contributed by atoms with Crippen molar-refractivity contribution in [2.75, 3.05) is 0 Å². The number of hydrogen-bond donors (Lipinski definition) is 0. The normalized spacial score (nSPS) is 11.5. The Morgan fingerprint density at radius 2 is 0.935 bits per heavy atom. The van der Waals surface area contributed by atoms with Crippen LogP contribution in [0.4, 0.5) is 5.69 Å². The lowest BCUT2D eigenvalue weighted by molar-refractivity contribution is 1.18. The summed E-state index contributed by atoms with van der Waals surface area (Å²) in [4.78, 5) is 4.04. The Hall–Kier alpha value is -5.95. The Labute approximate surface area is 270 Å². The van der Waals surface area contributed by atoms with Gasteiger partial charge in [-0.15, -0.1) is 0 Å². The van der Waals surface area contributed by atoms with E-state index in [4.69, 9.17) is 6.57 Å². The van der Waals surface area contributed by atoms with Gasteiger partial charge in [0.15, 0.2) is 13.8 Å². The fraction of sp³-hybridized carbons (Fsp3) is 0. The van der Waals surface area contributed by atoms with Crippen LogP contribution < -0.4 is 20.7 Å². The van der Waals surface area contributed by atoms with Crippen molar-refractivity contribution in [2.24, 2.45) is 0 Å². The van der Waals surface area contributed by atoms with Crippen LogP contribution in [0.15, 0.2) is 182 Å². The van der Waals surface area contributed by atoms with Crippen LogP contribution in [0.1, 0.15) is 0 Å². The third-order valence-corrected chi connectivity index (χ3v) is 13.9. The number of para-hydroxylation sites is 2. The molecule has 7 aromatic carbocycles. The summed E-state index contributed by atoms with van der Waals surface area (Å²) < 4.78 is 2.34. The maximum absolute atomic E-state index is 8.19. The highest BCUT2D eigenvalue weighted by atomic mass is 28.3. The Morgan fingerprint density at radius 3 is 1.46 bits per heavy atom. The quantitative estimate of drug-likeness (QED) is 0.103. The van der Waals surface area contributed by atoms with E-state index in [0.717, 1.165) is 16.8 Å². The summed E-state index contributed by atoms with van der Waals surface area (Å²) in [5, 5.41) is 7.66. The van der Waals surface area contributed by atoms with E-state index in [0.29, 0.717) is 5.69 Å². The third kappa shape index (κ3) is 4.39. The first-order chi connectivity index (χ1) is 22.8. The summed E-state index contributed by atoms with van der Waals surface area (Å²) in [7, 11) is -2.75. The fourth-order valence-corrected chi connectivity index (χ4v) is 11.9. The molecule has 2 nitrogen and oxygen atoms in total. The summed E-state index contributed by atoms with van der Waals surface area (Å²) in [6.45, 7) is 8.19. The van der Waals surface area contributed by atoms with Gasteiger partial charge in [0.2, 0.25) is 0 Å². The molecule has 0 aliphatic heterocycles. The van der Waals surface area contributed by atoms with Gasteiger partial charge in [-0.1, -0.05) is 158 Å². The topological polar surface area (TPSA) is 9.29 Å². The lowest BCUT2D eigenvalue weighted by Gasteiger charge is -2.35. The van der Waals surface area contributed by atoms with Crippen LogP contribution in [0.5, 0.6) is 0 Å². The minimum absolute atomic E-state index is 0.653. The zero-order valence-electron chi connectivity index (χ0n) is 25.2. The molecular weight excluding hydrogens is 573 g/mol. The Bertz CT molecular complexity index is 2220. The summed E-state index contributed by atoms with van der Waals surface area (Å²) in [5.41, 5.74) is 6.06. The molecule has 0 fully saturated rings. The molecule has 0 aliphatic carbocycles. The summed E-state index contributed by atoms with van der Waals surface area (Å²) in [6.07, 6.45) is 0. The summed E-state index contributed by atoms with van der Waals surface area (Å²) in [5.74, 6) is 0. The minimum Gasteiger partial charge on any atom is -0.309 e. The third-order valence-electron chi connectivity index (χ3n) is 9.17. The zero-order valence-corrected chi connectivity index (χ0v) is 26.2. The molecule has 0 aliphatic rings. The molecule has 8 rings (SSSR count). The van der Waals surface area contributed by atoms with Crippen molar-refractivity contribution in [3.05, 3.63) is 193 Å². The molecule has 3 heteroatoms. The smallest absolute Gasteiger partial charge is 0.194 e. The average molecular weight is 603 g/mol. The Kier molecular flexibility index (Phi) is 6.91. The average Bonchev–Trinajstić information content (AvgIpc) is 3.48. The molecule has 0 saturated heterocycles. The molecule has 0 bridgehead atoms. The first kappa shape index (κ1) is 27.6. The molecule has 0 radical (unpaired) electrons. The molecule has 0 atom stereocenters. The number of nitrogens with zero attached hydrogens (tertiary/aromatic N) is 2. The standard InChI is InChI=1S/C43H30N2Si/c1-44-41-29-28-37(46(34-18-5-2-6-19-34,35-20-7-3-8-21-35)36-22-9-4-10-23-36)31-40(41)32-16-15-17-33(30-32)45-42-26-13-11-24-38(42)39-25-12-14-27-43(39)45/h2-31H. The molecule has 0 saturated carbocycles. The number of fused-ring (bicyclic) bond motifs is 3. The fourth-order valence-electron chi connectivity index (χ4n) is 7.18. The van der Waals surface area contributed by atoms with Crippen molar-refractivity contribution >= 4 is 56.3 Å². The van der Waals surface area contributed by atoms with E-state index in [2.05, 4.69) is 185 Å². The van der Waals surface area contributed by atoms with Crippen LogP contribution in [0.25, 0.3) is 43.5 Å². The second-order valence-corrected chi connectivity index (χ2v) is 15.4. The monoisotopic (exact) mass is 602 g/mol. The molecular formula is C43H30N2Si. The van der Waals surface area contributed by atoms with Gasteiger partial charge in [0.25, 0.3) is 0 Å². The van der Waals surface area contributed by atoms with Crippen LogP contribution in [-0.2, 0) is 0 Å². The first-order valence-electron chi connectivity index (χ1n) is 15.6. The first-order valence-corrected chi connectivity index (χ1v) is 17.6. The molecule has 0 spiro atoms. The van der Waals surface area contributed by atoms with Gasteiger partial charge in [-0.2, -0.15) is 0 Å². The van der Waals surface area contributed by atoms with E-state index < -0.39 is 8.07 Å². The van der Waals surface area contributed by atoms with Crippen LogP contribution in [0, 0.1) is 6.57 Å². The van der Waals surface area contributed by atoms with Crippen molar-refractivity contribution < 1.29 is 0 Å². The number of rotatable bonds is 6. The number of benzene rings is 7. The van der Waals surface area contributed by atoms with Crippen LogP contribution in [0.3, 0.4) is 0 Å². The minimum atomic E-state index is -2.75. The molecule has 216 valence electrons. The molecule has 1 heterocycles. The Balaban J connectivity index is 1.39. The zero-order chi connectivity index (χ0) is 30.9. The van der Waals surface area contributed by atoms with Crippen LogP contribution in [-0.4, -0.2) is 12.6 Å². The summed E-state index contributed by atoms with van der Waals surface area (Å²) >= 11 is 0. The van der Waals surface area contributed by atoms with Gasteiger partial charge in [-0.3, -0.25) is 0 Å². The van der Waals surface area contributed by atoms with E-state index in [-0.39, 0.29) is 0 Å². The summed E-state index contributed by atoms with van der Waals surface area (Å²) in [6, 6.07) is 65.2. The van der Waals surface area contributed by atoms with Crippen molar-refractivity contribution in [2.45, 2.75) is 0 Å². The molecule has 0 amide bonds. The second-order valence-electron chi connectivity index (χ2n) is 11.6. The highest BCUT2D eigenvalue weighted by Gasteiger charge is 2.41. The van der Waals surface area contributed by atoms with Gasteiger partial charge >= 0.3 is 0 Å². The molecule has 0 unspecified atom stereocenters. The largest absolute Gasteiger partial charge is 0.309 e. The van der Waals surface area contributed by atoms with Gasteiger partial charge in [0.05, 0.1) is 17.6 Å². The van der Waals surface area contributed by atoms with Crippen molar-refractivity contribution in [1.29, 1.82) is 0 Å². The predicted octanol–water partition coefficient (Wildman–Crippen LogP) is 8.38. The lowest BCUT2D eigenvalue weighted by Crippen LogP contribution is -2.74. The predicted molar refractivity (Wildman–Crippen MR) is 196 cm³/mol. The van der Waals surface area contributed by atoms with Crippen molar-refractivity contribution in [1.82, 2.24) is 4.57 Å². The second kappa shape index (κ2) is 11.5. The highest BCUT2D eigenvalue weighted by Crippen LogP contribution is 2.35. The molecule has 8 aromatic rings. The van der Waals surface area contributed by atoms with Crippen LogP contribution >= 0.6 is 0 Å². The van der Waals surface area contributed by atoms with E-state index in [1.165, 1.54) is 42.6 Å². The lowest BCUT2D eigenvalue weighted by atomic mass is 10.0. The van der Waals surface area contributed by atoms with Crippen molar-refractivity contribution in [3.63, 3.8) is 0 Å². The highest BCUT2D eigenvalue weighted by molar-refractivity contribution is 7.19. The van der Waals surface area contributed by atoms with Gasteiger partial charge < -0.3 is 4.57 Å². The van der Waals surface area contributed by atoms with Crippen molar-refractivity contribution in [3.8, 4) is 16.8 Å². The van der Waals surface area contributed by atoms with Crippen LogP contribution in [0.2, 0.25) is 0 Å². The Morgan fingerprint density at radius 1 is 0.435 bits per heavy atom. The van der Waals surface area contributed by atoms with Gasteiger partial charge in [-0.25, -0.2) is 4.85 Å². The number of hydrogen-bond acceptors (Lipinski definition) is 0. The van der Waals surface area contributed by atoms with E-state index in [9.17, 15) is 0 Å². The number of aromatic nitrogens is 1. The maximum Gasteiger partial charge on any atom is 0.194 e. The molecule has 46 heavy (non-hydrogen) atoms. The van der Waals surface area contributed by atoms with E-state index >= 15 is 0 Å². The maximum atomic E-state index is 8.19. The SMILES string of the molecule is [C-]#[N+]c1ccc([Si](c2ccccc2)(c2ccccc2)c2ccccc2)cc1-c1cccc(-n2c3ccccc3c3ccccc32)c1. The van der Waals surface area contributed by atoms with Gasteiger partial charge in [0.1, 0.15) is 0 Å². The van der Waals surface area contributed by atoms with Gasteiger partial charge in [0, 0.05) is 16.5 Å². The van der Waals surface area contributed by atoms with E-state index in [1.807, 2.05) is 6.07 Å².